The Morgan fingerprint density at radius 3 is 2.38 bits per heavy atom. The molecule has 0 aromatic heterocycles. The number of anilines is 1. The summed E-state index contributed by atoms with van der Waals surface area (Å²) in [4.78, 5) is 14.7. The van der Waals surface area contributed by atoms with Crippen LogP contribution < -0.4 is 15.4 Å². The van der Waals surface area contributed by atoms with Gasteiger partial charge in [-0.2, -0.15) is 0 Å². The van der Waals surface area contributed by atoms with E-state index in [0.717, 1.165) is 18.4 Å². The van der Waals surface area contributed by atoms with Gasteiger partial charge in [0.25, 0.3) is 0 Å². The zero-order chi connectivity index (χ0) is 28.7. The first-order valence-electron chi connectivity index (χ1n) is 13.4. The molecule has 0 unspecified atom stereocenters. The van der Waals surface area contributed by atoms with Crippen LogP contribution in [0.5, 0.6) is 0 Å². The number of hydrogen-bond donors (Lipinski definition) is 3. The second kappa shape index (κ2) is 13.1. The molecule has 40 heavy (non-hydrogen) atoms. The molecule has 1 saturated heterocycles. The van der Waals surface area contributed by atoms with Crippen molar-refractivity contribution in [1.82, 2.24) is 10.2 Å². The largest absolute Gasteiger partial charge is 0.384 e. The lowest BCUT2D eigenvalue weighted by molar-refractivity contribution is -0.121. The second-order valence-electron chi connectivity index (χ2n) is 10.3. The third-order valence-corrected chi connectivity index (χ3v) is 8.93. The summed E-state index contributed by atoms with van der Waals surface area (Å²) in [7, 11) is -3.75. The number of carbonyl (C=O) groups excluding carboxylic acids is 1. The Kier molecular flexibility index (Phi) is 9.54. The number of nitrogens with two attached hydrogens (primary N) is 1. The third-order valence-electron chi connectivity index (χ3n) is 7.20. The predicted octanol–water partition coefficient (Wildman–Crippen LogP) is 3.66. The number of nitrogen functional groups attached to an aromatic ring is 1. The molecule has 1 fully saturated rings. The number of sulfonamides is 1. The fourth-order valence-corrected chi connectivity index (χ4v) is 6.62. The van der Waals surface area contributed by atoms with E-state index in [0.29, 0.717) is 29.9 Å². The molecule has 1 aliphatic rings. The topological polar surface area (TPSA) is 120 Å². The van der Waals surface area contributed by atoms with Crippen LogP contribution in [0.15, 0.2) is 78.9 Å². The number of piperidine rings is 1. The SMILES string of the molecule is C[C@@H](CN(c1cccc(C(=N)N)c1)S(=O)(=O)Cc1ccccc1)N1CCC(NC(=O)Cc2ccc(F)cc2)CC1. The summed E-state index contributed by atoms with van der Waals surface area (Å²) < 4.78 is 41.9. The van der Waals surface area contributed by atoms with Crippen molar-refractivity contribution in [3.05, 3.63) is 101 Å². The van der Waals surface area contributed by atoms with Gasteiger partial charge in [0.2, 0.25) is 15.9 Å². The minimum absolute atomic E-state index is 0.0292. The molecule has 212 valence electrons. The lowest BCUT2D eigenvalue weighted by atomic mass is 10.0. The van der Waals surface area contributed by atoms with Crippen LogP contribution in [0.2, 0.25) is 0 Å². The van der Waals surface area contributed by atoms with Crippen LogP contribution in [-0.2, 0) is 27.0 Å². The molecule has 4 N–H and O–H groups in total. The van der Waals surface area contributed by atoms with Crippen LogP contribution in [0.4, 0.5) is 10.1 Å². The zero-order valence-corrected chi connectivity index (χ0v) is 23.4. The number of amides is 1. The van der Waals surface area contributed by atoms with Gasteiger partial charge in [0, 0.05) is 37.3 Å². The predicted molar refractivity (Wildman–Crippen MR) is 156 cm³/mol. The minimum Gasteiger partial charge on any atom is -0.384 e. The van der Waals surface area contributed by atoms with Crippen LogP contribution >= 0.6 is 0 Å². The van der Waals surface area contributed by atoms with E-state index >= 15 is 0 Å². The molecule has 3 aromatic carbocycles. The van der Waals surface area contributed by atoms with Crippen molar-refractivity contribution in [2.24, 2.45) is 5.73 Å². The van der Waals surface area contributed by atoms with Gasteiger partial charge >= 0.3 is 0 Å². The molecule has 0 aliphatic carbocycles. The van der Waals surface area contributed by atoms with Crippen molar-refractivity contribution >= 4 is 27.5 Å². The molecule has 10 heteroatoms. The van der Waals surface area contributed by atoms with Crippen LogP contribution in [0.3, 0.4) is 0 Å². The molecule has 1 amide bonds. The van der Waals surface area contributed by atoms with E-state index in [2.05, 4.69) is 10.2 Å². The molecule has 0 radical (unpaired) electrons. The number of rotatable bonds is 11. The number of carbonyl (C=O) groups is 1. The van der Waals surface area contributed by atoms with E-state index in [4.69, 9.17) is 11.1 Å². The molecule has 8 nitrogen and oxygen atoms in total. The van der Waals surface area contributed by atoms with Gasteiger partial charge in [-0.05, 0) is 55.2 Å². The Bertz CT molecular complexity index is 1410. The molecule has 1 heterocycles. The summed E-state index contributed by atoms with van der Waals surface area (Å²) in [5, 5.41) is 10.9. The number of benzene rings is 3. The Balaban J connectivity index is 1.41. The number of amidine groups is 1. The van der Waals surface area contributed by atoms with Crippen molar-refractivity contribution in [2.45, 2.75) is 44.0 Å². The molecule has 3 aromatic rings. The monoisotopic (exact) mass is 565 g/mol. The highest BCUT2D eigenvalue weighted by Gasteiger charge is 2.30. The van der Waals surface area contributed by atoms with Gasteiger partial charge in [-0.3, -0.25) is 19.4 Å². The van der Waals surface area contributed by atoms with Crippen molar-refractivity contribution in [3.63, 3.8) is 0 Å². The van der Waals surface area contributed by atoms with Crippen molar-refractivity contribution in [1.29, 1.82) is 5.41 Å². The Morgan fingerprint density at radius 2 is 1.73 bits per heavy atom. The standard InChI is InChI=1S/C30H36FN5O3S/c1-22(35-16-14-27(15-17-35)34-29(37)18-23-10-12-26(31)13-11-23)20-36(28-9-5-8-25(19-28)30(32)33)40(38,39)21-24-6-3-2-4-7-24/h2-13,19,22,27H,14-18,20-21H2,1H3,(H3,32,33)(H,34,37)/t22-/m0/s1. The van der Waals surface area contributed by atoms with E-state index < -0.39 is 10.0 Å². The lowest BCUT2D eigenvalue weighted by Crippen LogP contribution is -2.51. The summed E-state index contributed by atoms with van der Waals surface area (Å²) in [6.07, 6.45) is 1.69. The quantitative estimate of drug-likeness (QED) is 0.242. The molecular weight excluding hydrogens is 529 g/mol. The smallest absolute Gasteiger partial charge is 0.239 e. The fourth-order valence-electron chi connectivity index (χ4n) is 4.98. The van der Waals surface area contributed by atoms with Gasteiger partial charge in [-0.25, -0.2) is 12.8 Å². The van der Waals surface area contributed by atoms with E-state index in [9.17, 15) is 17.6 Å². The first-order chi connectivity index (χ1) is 19.1. The number of nitrogens with zero attached hydrogens (tertiary/aromatic N) is 2. The van der Waals surface area contributed by atoms with Crippen LogP contribution in [0.1, 0.15) is 36.5 Å². The number of likely N-dealkylation sites (tertiary alicyclic amines) is 1. The van der Waals surface area contributed by atoms with Gasteiger partial charge in [0.05, 0.1) is 17.9 Å². The maximum atomic E-state index is 13.7. The summed E-state index contributed by atoms with van der Waals surface area (Å²) >= 11 is 0. The molecule has 0 spiro atoms. The average Bonchev–Trinajstić information content (AvgIpc) is 2.93. The Labute approximate surface area is 235 Å². The van der Waals surface area contributed by atoms with E-state index in [1.165, 1.54) is 16.4 Å². The van der Waals surface area contributed by atoms with Crippen molar-refractivity contribution in [3.8, 4) is 0 Å². The molecule has 1 aliphatic heterocycles. The highest BCUT2D eigenvalue weighted by Crippen LogP contribution is 2.24. The minimum atomic E-state index is -3.75. The summed E-state index contributed by atoms with van der Waals surface area (Å²) in [6.45, 7) is 3.66. The van der Waals surface area contributed by atoms with Gasteiger partial charge in [0.15, 0.2) is 0 Å². The molecular formula is C30H36FN5O3S. The first-order valence-corrected chi connectivity index (χ1v) is 15.0. The molecule has 4 rings (SSSR count). The maximum absolute atomic E-state index is 13.7. The van der Waals surface area contributed by atoms with Crippen molar-refractivity contribution in [2.75, 3.05) is 23.9 Å². The summed E-state index contributed by atoms with van der Waals surface area (Å²) in [6, 6.07) is 21.7. The number of hydrogen-bond acceptors (Lipinski definition) is 5. The van der Waals surface area contributed by atoms with E-state index in [-0.39, 0.29) is 48.4 Å². The number of nitrogens with one attached hydrogen (secondary N) is 2. The zero-order valence-electron chi connectivity index (χ0n) is 22.6. The molecule has 1 atom stereocenters. The normalized spacial score (nSPS) is 15.3. The summed E-state index contributed by atoms with van der Waals surface area (Å²) in [5.41, 5.74) is 8.08. The van der Waals surface area contributed by atoms with Gasteiger partial charge in [-0.1, -0.05) is 54.6 Å². The van der Waals surface area contributed by atoms with Crippen LogP contribution in [-0.4, -0.2) is 56.8 Å². The Morgan fingerprint density at radius 1 is 1.05 bits per heavy atom. The fraction of sp³-hybridized carbons (Fsp3) is 0.333. The first kappa shape index (κ1) is 29.2. The van der Waals surface area contributed by atoms with Crippen LogP contribution in [0.25, 0.3) is 0 Å². The lowest BCUT2D eigenvalue weighted by Gasteiger charge is -2.38. The van der Waals surface area contributed by atoms with Crippen molar-refractivity contribution < 1.29 is 17.6 Å². The third kappa shape index (κ3) is 7.89. The molecule has 0 bridgehead atoms. The Hall–Kier alpha value is -3.76. The summed E-state index contributed by atoms with van der Waals surface area (Å²) in [5.74, 6) is -0.698. The highest BCUT2D eigenvalue weighted by molar-refractivity contribution is 7.92. The number of halogens is 1. The van der Waals surface area contributed by atoms with E-state index in [1.54, 1.807) is 48.5 Å². The molecule has 0 saturated carbocycles. The maximum Gasteiger partial charge on any atom is 0.239 e. The van der Waals surface area contributed by atoms with Crippen LogP contribution in [0, 0.1) is 11.2 Å². The average molecular weight is 566 g/mol. The second-order valence-corrected chi connectivity index (χ2v) is 12.2. The van der Waals surface area contributed by atoms with Gasteiger partial charge in [-0.15, -0.1) is 0 Å². The van der Waals surface area contributed by atoms with E-state index in [1.807, 2.05) is 25.1 Å². The van der Waals surface area contributed by atoms with Gasteiger partial charge < -0.3 is 11.1 Å². The van der Waals surface area contributed by atoms with Gasteiger partial charge in [0.1, 0.15) is 11.7 Å². The highest BCUT2D eigenvalue weighted by atomic mass is 32.2.